The molecule has 0 spiro atoms. The summed E-state index contributed by atoms with van der Waals surface area (Å²) in [6, 6.07) is 9.21. The lowest BCUT2D eigenvalue weighted by molar-refractivity contribution is 0.453. The molecule has 0 aromatic heterocycles. The van der Waals surface area contributed by atoms with Crippen molar-refractivity contribution in [3.63, 3.8) is 0 Å². The van der Waals surface area contributed by atoms with Crippen LogP contribution < -0.4 is 10.6 Å². The zero-order valence-corrected chi connectivity index (χ0v) is 11.4. The molecule has 1 aliphatic heterocycles. The maximum Gasteiger partial charge on any atom is 0.0497 e. The van der Waals surface area contributed by atoms with Gasteiger partial charge in [-0.3, -0.25) is 0 Å². The molecule has 0 bridgehead atoms. The monoisotopic (exact) mass is 232 g/mol. The molecule has 0 amide bonds. The van der Waals surface area contributed by atoms with Crippen molar-refractivity contribution in [3.05, 3.63) is 29.8 Å². The maximum absolute atomic E-state index is 6.18. The molecular weight excluding hydrogens is 208 g/mol. The van der Waals surface area contributed by atoms with Crippen LogP contribution in [0.25, 0.3) is 0 Å². The van der Waals surface area contributed by atoms with Gasteiger partial charge in [-0.2, -0.15) is 0 Å². The summed E-state index contributed by atoms with van der Waals surface area (Å²) in [7, 11) is 0. The fourth-order valence-electron chi connectivity index (χ4n) is 2.61. The molecule has 0 aliphatic carbocycles. The van der Waals surface area contributed by atoms with E-state index in [-0.39, 0.29) is 11.6 Å². The number of nitrogens with zero attached hydrogens (tertiary/aromatic N) is 1. The average Bonchev–Trinajstić information content (AvgIpc) is 2.54. The van der Waals surface area contributed by atoms with Crippen LogP contribution >= 0.6 is 0 Å². The van der Waals surface area contributed by atoms with E-state index in [9.17, 15) is 0 Å². The average molecular weight is 232 g/mol. The Morgan fingerprint density at radius 3 is 2.24 bits per heavy atom. The van der Waals surface area contributed by atoms with Crippen molar-refractivity contribution >= 4 is 5.69 Å². The zero-order valence-electron chi connectivity index (χ0n) is 11.4. The summed E-state index contributed by atoms with van der Waals surface area (Å²) in [5.41, 5.74) is 8.94. The van der Waals surface area contributed by atoms with E-state index in [2.05, 4.69) is 56.9 Å². The Kier molecular flexibility index (Phi) is 3.17. The van der Waals surface area contributed by atoms with Crippen LogP contribution in [0, 0.1) is 0 Å². The third-order valence-electron chi connectivity index (χ3n) is 4.14. The van der Waals surface area contributed by atoms with Crippen molar-refractivity contribution in [2.75, 3.05) is 11.4 Å². The van der Waals surface area contributed by atoms with Crippen molar-refractivity contribution in [1.29, 1.82) is 0 Å². The highest BCUT2D eigenvalue weighted by molar-refractivity contribution is 5.52. The molecule has 1 aromatic carbocycles. The Labute approximate surface area is 105 Å². The molecule has 94 valence electrons. The van der Waals surface area contributed by atoms with Gasteiger partial charge in [0, 0.05) is 23.8 Å². The molecule has 1 atom stereocenters. The third kappa shape index (κ3) is 2.19. The van der Waals surface area contributed by atoms with Gasteiger partial charge in [0.25, 0.3) is 0 Å². The summed E-state index contributed by atoms with van der Waals surface area (Å²) >= 11 is 0. The quantitative estimate of drug-likeness (QED) is 0.849. The van der Waals surface area contributed by atoms with Gasteiger partial charge in [0.15, 0.2) is 0 Å². The Balaban J connectivity index is 2.24. The molecule has 1 aliphatic rings. The van der Waals surface area contributed by atoms with Crippen LogP contribution in [0.1, 0.15) is 45.6 Å². The van der Waals surface area contributed by atoms with Gasteiger partial charge in [0.2, 0.25) is 0 Å². The Morgan fingerprint density at radius 1 is 1.24 bits per heavy atom. The molecule has 2 heteroatoms. The molecule has 1 aromatic rings. The fourth-order valence-corrected chi connectivity index (χ4v) is 2.61. The Bertz CT molecular complexity index is 378. The highest BCUT2D eigenvalue weighted by Gasteiger charge is 2.38. The first kappa shape index (κ1) is 12.4. The number of rotatable bonds is 2. The molecule has 1 unspecified atom stereocenters. The minimum atomic E-state index is 0.0688. The molecule has 2 nitrogen and oxygen atoms in total. The van der Waals surface area contributed by atoms with E-state index in [0.29, 0.717) is 5.92 Å². The molecule has 1 fully saturated rings. The molecule has 0 saturated carbocycles. The smallest absolute Gasteiger partial charge is 0.0497 e. The molecular formula is C15H24N2. The van der Waals surface area contributed by atoms with Crippen LogP contribution in [0.15, 0.2) is 24.3 Å². The van der Waals surface area contributed by atoms with Crippen LogP contribution in [0.5, 0.6) is 0 Å². The van der Waals surface area contributed by atoms with Gasteiger partial charge >= 0.3 is 0 Å². The van der Waals surface area contributed by atoms with Crippen LogP contribution in [-0.2, 0) is 0 Å². The highest BCUT2D eigenvalue weighted by Crippen LogP contribution is 2.33. The first-order valence-electron chi connectivity index (χ1n) is 6.56. The summed E-state index contributed by atoms with van der Waals surface area (Å²) in [6.45, 7) is 9.99. The van der Waals surface area contributed by atoms with Crippen LogP contribution in [0.2, 0.25) is 0 Å². The summed E-state index contributed by atoms with van der Waals surface area (Å²) in [5.74, 6) is 0.595. The van der Waals surface area contributed by atoms with E-state index < -0.39 is 0 Å². The second kappa shape index (κ2) is 4.34. The Hall–Kier alpha value is -1.02. The third-order valence-corrected chi connectivity index (χ3v) is 4.14. The van der Waals surface area contributed by atoms with E-state index in [0.717, 1.165) is 13.0 Å². The van der Waals surface area contributed by atoms with E-state index in [1.165, 1.54) is 11.3 Å². The minimum absolute atomic E-state index is 0.0688. The van der Waals surface area contributed by atoms with E-state index in [4.69, 9.17) is 5.73 Å². The first-order valence-corrected chi connectivity index (χ1v) is 6.56. The van der Waals surface area contributed by atoms with Gasteiger partial charge in [-0.05, 0) is 43.9 Å². The Morgan fingerprint density at radius 2 is 1.82 bits per heavy atom. The van der Waals surface area contributed by atoms with Crippen molar-refractivity contribution in [2.24, 2.45) is 5.73 Å². The predicted octanol–water partition coefficient (Wildman–Crippen LogP) is 3.13. The van der Waals surface area contributed by atoms with Crippen molar-refractivity contribution in [1.82, 2.24) is 0 Å². The molecule has 1 saturated heterocycles. The first-order chi connectivity index (χ1) is 7.93. The predicted molar refractivity (Wildman–Crippen MR) is 74.5 cm³/mol. The molecule has 1 heterocycles. The van der Waals surface area contributed by atoms with Gasteiger partial charge < -0.3 is 10.6 Å². The van der Waals surface area contributed by atoms with Crippen LogP contribution in [0.4, 0.5) is 5.69 Å². The van der Waals surface area contributed by atoms with Crippen LogP contribution in [0.3, 0.4) is 0 Å². The number of benzene rings is 1. The normalized spacial score (nSPS) is 23.4. The maximum atomic E-state index is 6.18. The van der Waals surface area contributed by atoms with Crippen molar-refractivity contribution < 1.29 is 0 Å². The summed E-state index contributed by atoms with van der Waals surface area (Å²) < 4.78 is 0. The summed E-state index contributed by atoms with van der Waals surface area (Å²) in [5, 5.41) is 0. The second-order valence-corrected chi connectivity index (χ2v) is 5.95. The lowest BCUT2D eigenvalue weighted by Gasteiger charge is -2.36. The van der Waals surface area contributed by atoms with Gasteiger partial charge in [-0.1, -0.05) is 26.0 Å². The van der Waals surface area contributed by atoms with Gasteiger partial charge in [0.05, 0.1) is 0 Å². The molecule has 2 rings (SSSR count). The lowest BCUT2D eigenvalue weighted by atomic mass is 9.96. The largest absolute Gasteiger partial charge is 0.365 e. The highest BCUT2D eigenvalue weighted by atomic mass is 15.2. The minimum Gasteiger partial charge on any atom is -0.365 e. The van der Waals surface area contributed by atoms with Crippen LogP contribution in [-0.4, -0.2) is 18.1 Å². The van der Waals surface area contributed by atoms with E-state index in [1.807, 2.05) is 0 Å². The van der Waals surface area contributed by atoms with Gasteiger partial charge in [-0.25, -0.2) is 0 Å². The van der Waals surface area contributed by atoms with E-state index in [1.54, 1.807) is 0 Å². The number of hydrogen-bond donors (Lipinski definition) is 1. The second-order valence-electron chi connectivity index (χ2n) is 5.95. The standard InChI is InChI=1S/C15H24N2/c1-11(2)12-5-7-13(8-6-12)17-10-9-14(16)15(17,3)4/h5-8,11,14H,9-10,16H2,1-4H3. The summed E-state index contributed by atoms with van der Waals surface area (Å²) in [4.78, 5) is 2.43. The fraction of sp³-hybridized carbons (Fsp3) is 0.600. The van der Waals surface area contributed by atoms with E-state index >= 15 is 0 Å². The van der Waals surface area contributed by atoms with Gasteiger partial charge in [-0.15, -0.1) is 0 Å². The molecule has 0 radical (unpaired) electrons. The lowest BCUT2D eigenvalue weighted by Crippen LogP contribution is -2.48. The SMILES string of the molecule is CC(C)c1ccc(N2CCC(N)C2(C)C)cc1. The molecule has 2 N–H and O–H groups in total. The number of hydrogen-bond acceptors (Lipinski definition) is 2. The van der Waals surface area contributed by atoms with Crippen molar-refractivity contribution in [2.45, 2.75) is 51.6 Å². The topological polar surface area (TPSA) is 29.3 Å². The van der Waals surface area contributed by atoms with Gasteiger partial charge in [0.1, 0.15) is 0 Å². The van der Waals surface area contributed by atoms with Crippen molar-refractivity contribution in [3.8, 4) is 0 Å². The zero-order chi connectivity index (χ0) is 12.6. The summed E-state index contributed by atoms with van der Waals surface area (Å²) in [6.07, 6.45) is 1.08. The number of nitrogens with two attached hydrogens (primary N) is 1. The molecule has 17 heavy (non-hydrogen) atoms. The number of anilines is 1.